The quantitative estimate of drug-likeness (QED) is 0.677. The van der Waals surface area contributed by atoms with Gasteiger partial charge in [0.1, 0.15) is 17.3 Å². The van der Waals surface area contributed by atoms with E-state index in [9.17, 15) is 4.79 Å². The van der Waals surface area contributed by atoms with Gasteiger partial charge in [-0.05, 0) is 44.4 Å². The summed E-state index contributed by atoms with van der Waals surface area (Å²) < 4.78 is 2.07. The minimum absolute atomic E-state index is 0.112. The molecule has 0 unspecified atom stereocenters. The third-order valence-electron chi connectivity index (χ3n) is 4.93. The maximum absolute atomic E-state index is 12.4. The molecular formula is C18H23N7OS. The first-order chi connectivity index (χ1) is 13.0. The third kappa shape index (κ3) is 3.65. The van der Waals surface area contributed by atoms with Gasteiger partial charge in [-0.15, -0.1) is 10.2 Å². The van der Waals surface area contributed by atoms with E-state index in [-0.39, 0.29) is 11.9 Å². The van der Waals surface area contributed by atoms with E-state index in [1.54, 1.807) is 17.4 Å². The van der Waals surface area contributed by atoms with Gasteiger partial charge in [-0.2, -0.15) is 16.4 Å². The van der Waals surface area contributed by atoms with Crippen LogP contribution in [0, 0.1) is 0 Å². The molecule has 0 aromatic carbocycles. The van der Waals surface area contributed by atoms with Crippen molar-refractivity contribution in [3.8, 4) is 11.3 Å². The van der Waals surface area contributed by atoms with Crippen molar-refractivity contribution in [3.05, 3.63) is 40.2 Å². The number of H-pyrrole nitrogens is 1. The summed E-state index contributed by atoms with van der Waals surface area (Å²) in [4.78, 5) is 14.5. The maximum Gasteiger partial charge on any atom is 0.269 e. The Morgan fingerprint density at radius 2 is 2.22 bits per heavy atom. The van der Waals surface area contributed by atoms with E-state index in [1.165, 1.54) is 0 Å². The topological polar surface area (TPSA) is 91.7 Å². The molecule has 1 fully saturated rings. The first kappa shape index (κ1) is 17.9. The number of aromatic amines is 1. The number of nitrogens with zero attached hydrogens (tertiary/aromatic N) is 5. The lowest BCUT2D eigenvalue weighted by molar-refractivity contribution is 0.0901. The molecule has 3 aromatic heterocycles. The second-order valence-corrected chi connectivity index (χ2v) is 8.07. The summed E-state index contributed by atoms with van der Waals surface area (Å²) in [5.74, 6) is 2.19. The van der Waals surface area contributed by atoms with Crippen LogP contribution in [0.1, 0.15) is 40.9 Å². The molecule has 1 aliphatic carbocycles. The SMILES string of the molecule is CN(C)Cc1nnc(C2CC(NC(=O)c3cc(-c4ccsc4)n[nH]3)C2)n1C. The number of carbonyl (C=O) groups excluding carboxylic acids is 1. The molecule has 27 heavy (non-hydrogen) atoms. The molecule has 8 nitrogen and oxygen atoms in total. The predicted molar refractivity (Wildman–Crippen MR) is 104 cm³/mol. The maximum atomic E-state index is 12.4. The summed E-state index contributed by atoms with van der Waals surface area (Å²) in [6.07, 6.45) is 1.76. The van der Waals surface area contributed by atoms with E-state index in [4.69, 9.17) is 0 Å². The first-order valence-corrected chi connectivity index (χ1v) is 9.87. The van der Waals surface area contributed by atoms with Crippen LogP contribution in [0.5, 0.6) is 0 Å². The molecule has 1 saturated carbocycles. The molecule has 2 N–H and O–H groups in total. The number of amides is 1. The van der Waals surface area contributed by atoms with Gasteiger partial charge < -0.3 is 14.8 Å². The summed E-state index contributed by atoms with van der Waals surface area (Å²) in [7, 11) is 6.04. The molecular weight excluding hydrogens is 362 g/mol. The number of thiophene rings is 1. The average molecular weight is 385 g/mol. The van der Waals surface area contributed by atoms with Crippen LogP contribution in [-0.2, 0) is 13.6 Å². The number of hydrogen-bond donors (Lipinski definition) is 2. The third-order valence-corrected chi connectivity index (χ3v) is 5.62. The van der Waals surface area contributed by atoms with E-state index in [0.29, 0.717) is 11.6 Å². The van der Waals surface area contributed by atoms with Crippen molar-refractivity contribution >= 4 is 17.2 Å². The van der Waals surface area contributed by atoms with Crippen LogP contribution in [-0.4, -0.2) is 55.9 Å². The monoisotopic (exact) mass is 385 g/mol. The predicted octanol–water partition coefficient (Wildman–Crippen LogP) is 2.00. The second-order valence-electron chi connectivity index (χ2n) is 7.29. The Morgan fingerprint density at radius 3 is 2.93 bits per heavy atom. The van der Waals surface area contributed by atoms with Gasteiger partial charge in [0.25, 0.3) is 5.91 Å². The van der Waals surface area contributed by atoms with Crippen LogP contribution in [0.3, 0.4) is 0 Å². The van der Waals surface area contributed by atoms with Gasteiger partial charge >= 0.3 is 0 Å². The fourth-order valence-electron chi connectivity index (χ4n) is 3.36. The molecule has 1 amide bonds. The van der Waals surface area contributed by atoms with Gasteiger partial charge in [-0.3, -0.25) is 9.89 Å². The standard InChI is InChI=1S/C18H23N7OS/c1-24(2)9-16-22-23-17(25(16)3)12-6-13(7-12)19-18(26)15-8-14(20-21-15)11-4-5-27-10-11/h4-5,8,10,12-13H,6-7,9H2,1-3H3,(H,19,26)(H,20,21). The summed E-state index contributed by atoms with van der Waals surface area (Å²) in [5, 5.41) is 22.8. The van der Waals surface area contributed by atoms with Gasteiger partial charge in [-0.25, -0.2) is 0 Å². The highest BCUT2D eigenvalue weighted by Crippen LogP contribution is 2.36. The van der Waals surface area contributed by atoms with Gasteiger partial charge in [0.2, 0.25) is 0 Å². The highest BCUT2D eigenvalue weighted by molar-refractivity contribution is 7.08. The van der Waals surface area contributed by atoms with E-state index >= 15 is 0 Å². The molecule has 0 radical (unpaired) electrons. The lowest BCUT2D eigenvalue weighted by Crippen LogP contribution is -2.44. The fraction of sp³-hybridized carbons (Fsp3) is 0.444. The van der Waals surface area contributed by atoms with Crippen molar-refractivity contribution < 1.29 is 4.79 Å². The van der Waals surface area contributed by atoms with E-state index in [0.717, 1.165) is 42.3 Å². The summed E-state index contributed by atoms with van der Waals surface area (Å²) in [6.45, 7) is 0.767. The molecule has 0 saturated heterocycles. The number of carbonyl (C=O) groups is 1. The summed E-state index contributed by atoms with van der Waals surface area (Å²) >= 11 is 1.61. The Labute approximate surface area is 161 Å². The van der Waals surface area contributed by atoms with E-state index < -0.39 is 0 Å². The van der Waals surface area contributed by atoms with Gasteiger partial charge in [-0.1, -0.05) is 0 Å². The molecule has 0 atom stereocenters. The van der Waals surface area contributed by atoms with Crippen molar-refractivity contribution in [3.63, 3.8) is 0 Å². The largest absolute Gasteiger partial charge is 0.348 e. The van der Waals surface area contributed by atoms with Crippen LogP contribution in [0.15, 0.2) is 22.9 Å². The lowest BCUT2D eigenvalue weighted by Gasteiger charge is -2.34. The van der Waals surface area contributed by atoms with Gasteiger partial charge in [0.05, 0.1) is 12.2 Å². The molecule has 1 aliphatic rings. The normalized spacial score (nSPS) is 19.3. The smallest absolute Gasteiger partial charge is 0.269 e. The van der Waals surface area contributed by atoms with Crippen LogP contribution in [0.2, 0.25) is 0 Å². The first-order valence-electron chi connectivity index (χ1n) is 8.93. The van der Waals surface area contributed by atoms with Crippen LogP contribution in [0.25, 0.3) is 11.3 Å². The Balaban J connectivity index is 1.33. The number of aromatic nitrogens is 5. The van der Waals surface area contributed by atoms with E-state index in [1.807, 2.05) is 38.0 Å². The van der Waals surface area contributed by atoms with Crippen molar-refractivity contribution in [2.45, 2.75) is 31.3 Å². The molecule has 0 spiro atoms. The highest BCUT2D eigenvalue weighted by Gasteiger charge is 2.35. The lowest BCUT2D eigenvalue weighted by atomic mass is 9.79. The molecule has 0 bridgehead atoms. The minimum Gasteiger partial charge on any atom is -0.348 e. The molecule has 142 valence electrons. The van der Waals surface area contributed by atoms with Crippen molar-refractivity contribution in [1.29, 1.82) is 0 Å². The zero-order chi connectivity index (χ0) is 19.0. The number of nitrogens with one attached hydrogen (secondary N) is 2. The Hall–Kier alpha value is -2.52. The Morgan fingerprint density at radius 1 is 1.41 bits per heavy atom. The Bertz CT molecular complexity index is 922. The zero-order valence-electron chi connectivity index (χ0n) is 15.6. The van der Waals surface area contributed by atoms with Gasteiger partial charge in [0.15, 0.2) is 0 Å². The zero-order valence-corrected chi connectivity index (χ0v) is 16.5. The molecule has 3 heterocycles. The summed E-state index contributed by atoms with van der Waals surface area (Å²) in [5.41, 5.74) is 2.31. The minimum atomic E-state index is -0.112. The van der Waals surface area contributed by atoms with Crippen molar-refractivity contribution in [2.75, 3.05) is 14.1 Å². The average Bonchev–Trinajstić information content (AvgIpc) is 3.32. The van der Waals surface area contributed by atoms with E-state index in [2.05, 4.69) is 35.2 Å². The summed E-state index contributed by atoms with van der Waals surface area (Å²) in [6, 6.07) is 3.94. The number of rotatable bonds is 6. The van der Waals surface area contributed by atoms with Crippen molar-refractivity contribution in [2.24, 2.45) is 7.05 Å². The highest BCUT2D eigenvalue weighted by atomic mass is 32.1. The molecule has 4 rings (SSSR count). The Kier molecular flexibility index (Phi) is 4.79. The van der Waals surface area contributed by atoms with Crippen molar-refractivity contribution in [1.82, 2.24) is 35.2 Å². The van der Waals surface area contributed by atoms with Gasteiger partial charge in [0, 0.05) is 30.0 Å². The van der Waals surface area contributed by atoms with Crippen LogP contribution >= 0.6 is 11.3 Å². The second kappa shape index (κ2) is 7.24. The molecule has 3 aromatic rings. The molecule has 0 aliphatic heterocycles. The number of hydrogen-bond acceptors (Lipinski definition) is 6. The molecule has 9 heteroatoms. The van der Waals surface area contributed by atoms with Crippen LogP contribution < -0.4 is 5.32 Å². The fourth-order valence-corrected chi connectivity index (χ4v) is 4.01. The van der Waals surface area contributed by atoms with Crippen LogP contribution in [0.4, 0.5) is 0 Å².